The summed E-state index contributed by atoms with van der Waals surface area (Å²) in [5.74, 6) is 0.642. The molecule has 0 aliphatic carbocycles. The predicted octanol–water partition coefficient (Wildman–Crippen LogP) is 4.02. The average Bonchev–Trinajstić information content (AvgIpc) is 3.43. The molecule has 0 saturated heterocycles. The van der Waals surface area contributed by atoms with E-state index in [1.807, 2.05) is 42.6 Å². The molecule has 0 bridgehead atoms. The minimum atomic E-state index is 0.642. The maximum absolute atomic E-state index is 4.82. The van der Waals surface area contributed by atoms with E-state index in [4.69, 9.17) is 4.98 Å². The highest BCUT2D eigenvalue weighted by Crippen LogP contribution is 2.31. The molecular formula is C22H14N8. The van der Waals surface area contributed by atoms with Crippen molar-refractivity contribution in [3.8, 4) is 33.9 Å². The van der Waals surface area contributed by atoms with E-state index < -0.39 is 0 Å². The van der Waals surface area contributed by atoms with Gasteiger partial charge in [-0.15, -0.1) is 0 Å². The molecule has 8 nitrogen and oxygen atoms in total. The molecule has 6 heterocycles. The van der Waals surface area contributed by atoms with Crippen LogP contribution < -0.4 is 0 Å². The summed E-state index contributed by atoms with van der Waals surface area (Å²) in [4.78, 5) is 25.5. The molecular weight excluding hydrogens is 376 g/mol. The molecule has 0 amide bonds. The molecule has 30 heavy (non-hydrogen) atoms. The van der Waals surface area contributed by atoms with E-state index >= 15 is 0 Å². The Kier molecular flexibility index (Phi) is 3.60. The fraction of sp³-hybridized carbons (Fsp3) is 0. The van der Waals surface area contributed by atoms with Crippen molar-refractivity contribution in [2.24, 2.45) is 0 Å². The van der Waals surface area contributed by atoms with Gasteiger partial charge in [-0.2, -0.15) is 5.10 Å². The van der Waals surface area contributed by atoms with Gasteiger partial charge < -0.3 is 4.98 Å². The van der Waals surface area contributed by atoms with E-state index in [-0.39, 0.29) is 0 Å². The Bertz CT molecular complexity index is 1490. The van der Waals surface area contributed by atoms with E-state index in [0.717, 1.165) is 38.8 Å². The van der Waals surface area contributed by atoms with Gasteiger partial charge >= 0.3 is 0 Å². The molecule has 8 heteroatoms. The molecule has 0 aromatic carbocycles. The van der Waals surface area contributed by atoms with Crippen molar-refractivity contribution in [3.05, 3.63) is 73.6 Å². The summed E-state index contributed by atoms with van der Waals surface area (Å²) >= 11 is 0. The zero-order valence-electron chi connectivity index (χ0n) is 15.6. The number of rotatable bonds is 3. The number of imidazole rings is 1. The van der Waals surface area contributed by atoms with Crippen LogP contribution in [0, 0.1) is 0 Å². The summed E-state index contributed by atoms with van der Waals surface area (Å²) < 4.78 is 0. The highest BCUT2D eigenvalue weighted by atomic mass is 15.1. The van der Waals surface area contributed by atoms with Crippen molar-refractivity contribution in [3.63, 3.8) is 0 Å². The Labute approximate surface area is 170 Å². The van der Waals surface area contributed by atoms with Crippen LogP contribution in [-0.4, -0.2) is 40.1 Å². The van der Waals surface area contributed by atoms with Gasteiger partial charge in [0.1, 0.15) is 11.2 Å². The molecule has 0 saturated carbocycles. The molecule has 6 rings (SSSR count). The number of aromatic amines is 2. The van der Waals surface area contributed by atoms with Crippen LogP contribution in [0.1, 0.15) is 0 Å². The first-order valence-corrected chi connectivity index (χ1v) is 9.37. The Morgan fingerprint density at radius 3 is 2.43 bits per heavy atom. The van der Waals surface area contributed by atoms with Crippen molar-refractivity contribution in [1.82, 2.24) is 40.1 Å². The number of pyridine rings is 4. The number of hydrogen-bond acceptors (Lipinski definition) is 6. The lowest BCUT2D eigenvalue weighted by Crippen LogP contribution is -1.85. The smallest absolute Gasteiger partial charge is 0.160 e. The van der Waals surface area contributed by atoms with Crippen LogP contribution in [0.5, 0.6) is 0 Å². The zero-order valence-corrected chi connectivity index (χ0v) is 15.6. The SMILES string of the molecule is c1cncc(-c2cc3c(-c4nc5c(-c6cccnc6)ccnc5[nH]4)n[nH]c3cn2)c1. The highest BCUT2D eigenvalue weighted by Gasteiger charge is 2.16. The Morgan fingerprint density at radius 1 is 0.800 bits per heavy atom. The van der Waals surface area contributed by atoms with Gasteiger partial charge in [-0.1, -0.05) is 6.07 Å². The van der Waals surface area contributed by atoms with E-state index in [2.05, 4.69) is 35.1 Å². The molecule has 2 N–H and O–H groups in total. The van der Waals surface area contributed by atoms with Gasteiger partial charge in [-0.3, -0.25) is 20.1 Å². The number of fused-ring (bicyclic) bond motifs is 2. The molecule has 0 aliphatic heterocycles. The molecule has 0 unspecified atom stereocenters. The molecule has 0 aliphatic rings. The van der Waals surface area contributed by atoms with E-state index in [0.29, 0.717) is 17.2 Å². The largest absolute Gasteiger partial charge is 0.321 e. The molecule has 0 atom stereocenters. The minimum absolute atomic E-state index is 0.642. The molecule has 0 fully saturated rings. The molecule has 6 aromatic heterocycles. The van der Waals surface area contributed by atoms with Crippen LogP contribution >= 0.6 is 0 Å². The van der Waals surface area contributed by atoms with Crippen molar-refractivity contribution < 1.29 is 0 Å². The molecule has 142 valence electrons. The van der Waals surface area contributed by atoms with E-state index in [1.165, 1.54) is 0 Å². The third kappa shape index (κ3) is 2.62. The lowest BCUT2D eigenvalue weighted by atomic mass is 10.1. The van der Waals surface area contributed by atoms with Crippen LogP contribution in [0.2, 0.25) is 0 Å². The maximum Gasteiger partial charge on any atom is 0.160 e. The van der Waals surface area contributed by atoms with Crippen LogP contribution in [0.25, 0.3) is 56.0 Å². The molecule has 0 spiro atoms. The first kappa shape index (κ1) is 16.5. The van der Waals surface area contributed by atoms with Crippen molar-refractivity contribution in [2.45, 2.75) is 0 Å². The Morgan fingerprint density at radius 2 is 1.63 bits per heavy atom. The standard InChI is InChI=1S/C22H14N8/c1-3-13(10-23-6-1)15-5-8-25-21-19(15)27-22(28-21)20-16-9-17(14-4-2-7-24-11-14)26-12-18(16)29-30-20/h1-12H,(H,29,30)(H,25,27,28). The second kappa shape index (κ2) is 6.56. The average molecular weight is 390 g/mol. The first-order chi connectivity index (χ1) is 14.9. The fourth-order valence-corrected chi connectivity index (χ4v) is 3.55. The van der Waals surface area contributed by atoms with Gasteiger partial charge in [0.2, 0.25) is 0 Å². The summed E-state index contributed by atoms with van der Waals surface area (Å²) in [6, 6.07) is 11.7. The first-order valence-electron chi connectivity index (χ1n) is 9.37. The lowest BCUT2D eigenvalue weighted by Gasteiger charge is -2.00. The Hall–Kier alpha value is -4.46. The Balaban J connectivity index is 1.52. The third-order valence-corrected chi connectivity index (χ3v) is 4.99. The number of hydrogen-bond donors (Lipinski definition) is 2. The third-order valence-electron chi connectivity index (χ3n) is 4.99. The highest BCUT2D eigenvalue weighted by molar-refractivity contribution is 5.96. The number of nitrogens with zero attached hydrogens (tertiary/aromatic N) is 6. The van der Waals surface area contributed by atoms with Gasteiger partial charge in [0.15, 0.2) is 11.5 Å². The number of H-pyrrole nitrogens is 2. The minimum Gasteiger partial charge on any atom is -0.321 e. The zero-order chi connectivity index (χ0) is 19.9. The second-order valence-corrected chi connectivity index (χ2v) is 6.81. The monoisotopic (exact) mass is 390 g/mol. The van der Waals surface area contributed by atoms with Gasteiger partial charge in [-0.05, 0) is 30.3 Å². The summed E-state index contributed by atoms with van der Waals surface area (Å²) in [6.07, 6.45) is 10.6. The topological polar surface area (TPSA) is 109 Å². The molecule has 6 aromatic rings. The normalized spacial score (nSPS) is 11.3. The summed E-state index contributed by atoms with van der Waals surface area (Å²) in [7, 11) is 0. The second-order valence-electron chi connectivity index (χ2n) is 6.81. The van der Waals surface area contributed by atoms with Crippen LogP contribution in [-0.2, 0) is 0 Å². The van der Waals surface area contributed by atoms with Crippen LogP contribution in [0.3, 0.4) is 0 Å². The summed E-state index contributed by atoms with van der Waals surface area (Å²) in [6.45, 7) is 0. The van der Waals surface area contributed by atoms with Gasteiger partial charge in [-0.25, -0.2) is 9.97 Å². The van der Waals surface area contributed by atoms with Crippen molar-refractivity contribution >= 4 is 22.1 Å². The van der Waals surface area contributed by atoms with E-state index in [1.54, 1.807) is 31.0 Å². The van der Waals surface area contributed by atoms with Crippen molar-refractivity contribution in [2.75, 3.05) is 0 Å². The molecule has 0 radical (unpaired) electrons. The summed E-state index contributed by atoms with van der Waals surface area (Å²) in [5.41, 5.74) is 6.74. The number of aromatic nitrogens is 8. The van der Waals surface area contributed by atoms with Crippen molar-refractivity contribution in [1.29, 1.82) is 0 Å². The predicted molar refractivity (Wildman–Crippen MR) is 113 cm³/mol. The van der Waals surface area contributed by atoms with Crippen LogP contribution in [0.4, 0.5) is 0 Å². The number of nitrogens with one attached hydrogen (secondary N) is 2. The fourth-order valence-electron chi connectivity index (χ4n) is 3.55. The maximum atomic E-state index is 4.82. The van der Waals surface area contributed by atoms with Gasteiger partial charge in [0.25, 0.3) is 0 Å². The van der Waals surface area contributed by atoms with Gasteiger partial charge in [0.05, 0.1) is 17.4 Å². The quantitative estimate of drug-likeness (QED) is 0.472. The van der Waals surface area contributed by atoms with Crippen LogP contribution in [0.15, 0.2) is 73.6 Å². The summed E-state index contributed by atoms with van der Waals surface area (Å²) in [5, 5.41) is 8.44. The lowest BCUT2D eigenvalue weighted by molar-refractivity contribution is 1.10. The van der Waals surface area contributed by atoms with Gasteiger partial charge in [0, 0.05) is 53.1 Å². The van der Waals surface area contributed by atoms with E-state index in [9.17, 15) is 0 Å².